The van der Waals surface area contributed by atoms with Crippen molar-refractivity contribution in [2.24, 2.45) is 4.99 Å². The van der Waals surface area contributed by atoms with Gasteiger partial charge < -0.3 is 10.2 Å². The standard InChI is InChI=1S/C21H26N4/c1-22-21(25-13-10-20(16-25)24-11-4-5-12-24)23-15-17-8-9-18-6-2-3-7-19(18)14-17/h2-9,14,20H,10-13,15-16H2,1H3,(H,22,23). The fraction of sp³-hybridized carbons (Fsp3) is 0.381. The van der Waals surface area contributed by atoms with Crippen LogP contribution in [0.1, 0.15) is 12.0 Å². The second-order valence-corrected chi connectivity index (χ2v) is 6.90. The van der Waals surface area contributed by atoms with Gasteiger partial charge in [0.25, 0.3) is 0 Å². The lowest BCUT2D eigenvalue weighted by molar-refractivity contribution is 0.259. The summed E-state index contributed by atoms with van der Waals surface area (Å²) in [5.41, 5.74) is 1.29. The fourth-order valence-electron chi connectivity index (χ4n) is 3.89. The van der Waals surface area contributed by atoms with Gasteiger partial charge >= 0.3 is 0 Å². The molecule has 0 radical (unpaired) electrons. The minimum absolute atomic E-state index is 0.647. The quantitative estimate of drug-likeness (QED) is 0.532. The van der Waals surface area contributed by atoms with Gasteiger partial charge in [0, 0.05) is 45.8 Å². The topological polar surface area (TPSA) is 30.9 Å². The van der Waals surface area contributed by atoms with E-state index in [2.05, 4.69) is 74.7 Å². The molecule has 2 aliphatic rings. The van der Waals surface area contributed by atoms with Gasteiger partial charge in [-0.25, -0.2) is 0 Å². The number of rotatable bonds is 3. The summed E-state index contributed by atoms with van der Waals surface area (Å²) < 4.78 is 0. The zero-order valence-electron chi connectivity index (χ0n) is 14.9. The number of nitrogens with one attached hydrogen (secondary N) is 1. The molecule has 130 valence electrons. The Bertz CT molecular complexity index is 787. The summed E-state index contributed by atoms with van der Waals surface area (Å²) in [6.45, 7) is 5.16. The van der Waals surface area contributed by atoms with Crippen molar-refractivity contribution in [2.45, 2.75) is 19.0 Å². The van der Waals surface area contributed by atoms with Crippen molar-refractivity contribution in [1.29, 1.82) is 0 Å². The lowest BCUT2D eigenvalue weighted by Gasteiger charge is -2.25. The number of likely N-dealkylation sites (tertiary alicyclic amines) is 1. The zero-order chi connectivity index (χ0) is 17.1. The SMILES string of the molecule is CN=C(NCc1ccc2ccccc2c1)N1CCC(N2CC=CC2)C1. The van der Waals surface area contributed by atoms with E-state index in [4.69, 9.17) is 0 Å². The predicted octanol–water partition coefficient (Wildman–Crippen LogP) is 2.86. The van der Waals surface area contributed by atoms with Crippen LogP contribution in [0.15, 0.2) is 59.6 Å². The molecule has 0 spiro atoms. The van der Waals surface area contributed by atoms with Gasteiger partial charge in [-0.15, -0.1) is 0 Å². The van der Waals surface area contributed by atoms with Crippen molar-refractivity contribution < 1.29 is 0 Å². The van der Waals surface area contributed by atoms with Gasteiger partial charge in [-0.05, 0) is 28.8 Å². The second kappa shape index (κ2) is 7.28. The van der Waals surface area contributed by atoms with E-state index >= 15 is 0 Å². The Balaban J connectivity index is 1.37. The zero-order valence-corrected chi connectivity index (χ0v) is 14.9. The summed E-state index contributed by atoms with van der Waals surface area (Å²) in [6.07, 6.45) is 5.77. The molecule has 25 heavy (non-hydrogen) atoms. The summed E-state index contributed by atoms with van der Waals surface area (Å²) in [5.74, 6) is 1.02. The molecular weight excluding hydrogens is 308 g/mol. The first-order valence-electron chi connectivity index (χ1n) is 9.16. The van der Waals surface area contributed by atoms with Crippen LogP contribution in [-0.2, 0) is 6.54 Å². The molecule has 0 aromatic heterocycles. The number of hydrogen-bond acceptors (Lipinski definition) is 2. The van der Waals surface area contributed by atoms with Crippen LogP contribution in [0.2, 0.25) is 0 Å². The van der Waals surface area contributed by atoms with Crippen molar-refractivity contribution in [1.82, 2.24) is 15.1 Å². The average Bonchev–Trinajstić information content (AvgIpc) is 3.34. The third-order valence-corrected chi connectivity index (χ3v) is 5.30. The highest BCUT2D eigenvalue weighted by atomic mass is 15.3. The lowest BCUT2D eigenvalue weighted by Crippen LogP contribution is -2.42. The van der Waals surface area contributed by atoms with E-state index in [0.717, 1.165) is 38.7 Å². The van der Waals surface area contributed by atoms with Crippen LogP contribution in [0.4, 0.5) is 0 Å². The van der Waals surface area contributed by atoms with E-state index in [1.165, 1.54) is 22.8 Å². The molecule has 0 aliphatic carbocycles. The minimum atomic E-state index is 0.647. The van der Waals surface area contributed by atoms with Crippen molar-refractivity contribution in [3.8, 4) is 0 Å². The Labute approximate surface area is 149 Å². The Morgan fingerprint density at radius 1 is 1.12 bits per heavy atom. The Kier molecular flexibility index (Phi) is 4.70. The highest BCUT2D eigenvalue weighted by Crippen LogP contribution is 2.19. The largest absolute Gasteiger partial charge is 0.352 e. The van der Waals surface area contributed by atoms with Crippen LogP contribution in [0.3, 0.4) is 0 Å². The molecule has 4 heteroatoms. The van der Waals surface area contributed by atoms with Crippen LogP contribution < -0.4 is 5.32 Å². The number of benzene rings is 2. The number of aliphatic imine (C=N–C) groups is 1. The van der Waals surface area contributed by atoms with Crippen molar-refractivity contribution in [3.63, 3.8) is 0 Å². The monoisotopic (exact) mass is 334 g/mol. The summed E-state index contributed by atoms with van der Waals surface area (Å²) in [4.78, 5) is 9.45. The van der Waals surface area contributed by atoms with Crippen molar-refractivity contribution >= 4 is 16.7 Å². The predicted molar refractivity (Wildman–Crippen MR) is 105 cm³/mol. The first kappa shape index (κ1) is 16.2. The van der Waals surface area contributed by atoms with Gasteiger partial charge in [-0.1, -0.05) is 48.6 Å². The third kappa shape index (κ3) is 3.54. The molecule has 1 atom stereocenters. The van der Waals surface area contributed by atoms with Gasteiger partial charge in [0.1, 0.15) is 0 Å². The van der Waals surface area contributed by atoms with Gasteiger partial charge in [0.15, 0.2) is 5.96 Å². The van der Waals surface area contributed by atoms with Gasteiger partial charge in [-0.2, -0.15) is 0 Å². The maximum Gasteiger partial charge on any atom is 0.193 e. The van der Waals surface area contributed by atoms with E-state index < -0.39 is 0 Å². The molecule has 2 heterocycles. The summed E-state index contributed by atoms with van der Waals surface area (Å²) in [7, 11) is 1.88. The van der Waals surface area contributed by atoms with Crippen LogP contribution in [0.25, 0.3) is 10.8 Å². The maximum atomic E-state index is 4.51. The molecule has 2 aromatic carbocycles. The molecule has 1 unspecified atom stereocenters. The Morgan fingerprint density at radius 3 is 2.72 bits per heavy atom. The number of fused-ring (bicyclic) bond motifs is 1. The number of guanidine groups is 1. The summed E-state index contributed by atoms with van der Waals surface area (Å²) in [5, 5.41) is 6.13. The molecule has 1 N–H and O–H groups in total. The van der Waals surface area contributed by atoms with Gasteiger partial charge in [0.2, 0.25) is 0 Å². The summed E-state index contributed by atoms with van der Waals surface area (Å²) in [6, 6.07) is 15.8. The second-order valence-electron chi connectivity index (χ2n) is 6.90. The van der Waals surface area contributed by atoms with E-state index in [-0.39, 0.29) is 0 Å². The number of nitrogens with zero attached hydrogens (tertiary/aromatic N) is 3. The van der Waals surface area contributed by atoms with Gasteiger partial charge in [-0.3, -0.25) is 9.89 Å². The van der Waals surface area contributed by atoms with E-state index in [9.17, 15) is 0 Å². The van der Waals surface area contributed by atoms with E-state index in [1.54, 1.807) is 0 Å². The molecule has 2 aliphatic heterocycles. The first-order chi connectivity index (χ1) is 12.3. The molecule has 4 nitrogen and oxygen atoms in total. The minimum Gasteiger partial charge on any atom is -0.352 e. The molecular formula is C21H26N4. The average molecular weight is 334 g/mol. The molecule has 1 fully saturated rings. The van der Waals surface area contributed by atoms with Crippen molar-refractivity contribution in [2.75, 3.05) is 33.2 Å². The van der Waals surface area contributed by atoms with E-state index in [0.29, 0.717) is 6.04 Å². The van der Waals surface area contributed by atoms with Crippen LogP contribution in [0.5, 0.6) is 0 Å². The maximum absolute atomic E-state index is 4.51. The normalized spacial score (nSPS) is 21.4. The smallest absolute Gasteiger partial charge is 0.193 e. The molecule has 0 bridgehead atoms. The first-order valence-corrected chi connectivity index (χ1v) is 9.16. The fourth-order valence-corrected chi connectivity index (χ4v) is 3.89. The van der Waals surface area contributed by atoms with Gasteiger partial charge in [0.05, 0.1) is 0 Å². The number of hydrogen-bond donors (Lipinski definition) is 1. The van der Waals surface area contributed by atoms with Crippen LogP contribution in [-0.4, -0.2) is 55.0 Å². The Morgan fingerprint density at radius 2 is 1.92 bits per heavy atom. The lowest BCUT2D eigenvalue weighted by atomic mass is 10.1. The molecule has 1 saturated heterocycles. The Hall–Kier alpha value is -2.33. The molecule has 4 rings (SSSR count). The third-order valence-electron chi connectivity index (χ3n) is 5.30. The highest BCUT2D eigenvalue weighted by molar-refractivity contribution is 5.83. The molecule has 0 amide bonds. The van der Waals surface area contributed by atoms with Crippen molar-refractivity contribution in [3.05, 3.63) is 60.2 Å². The van der Waals surface area contributed by atoms with Crippen LogP contribution in [0, 0.1) is 0 Å². The molecule has 2 aromatic rings. The summed E-state index contributed by atoms with van der Waals surface area (Å²) >= 11 is 0. The van der Waals surface area contributed by atoms with E-state index in [1.807, 2.05) is 7.05 Å². The van der Waals surface area contributed by atoms with Crippen LogP contribution >= 0.6 is 0 Å². The highest BCUT2D eigenvalue weighted by Gasteiger charge is 2.29. The molecule has 0 saturated carbocycles.